The minimum Gasteiger partial charge on any atom is -0.462 e. The van der Waals surface area contributed by atoms with Crippen LogP contribution in [0.15, 0.2) is 30.3 Å². The van der Waals surface area contributed by atoms with Gasteiger partial charge in [0.25, 0.3) is 0 Å². The fourth-order valence-electron chi connectivity index (χ4n) is 8.46. The first kappa shape index (κ1) is 29.5. The van der Waals surface area contributed by atoms with Crippen LogP contribution in [0.3, 0.4) is 0 Å². The number of hydrogen-bond acceptors (Lipinski definition) is 10. The van der Waals surface area contributed by atoms with E-state index in [1.807, 2.05) is 20.8 Å². The highest BCUT2D eigenvalue weighted by atomic mass is 16.6. The van der Waals surface area contributed by atoms with E-state index in [1.165, 1.54) is 13.8 Å². The second-order valence-corrected chi connectivity index (χ2v) is 13.1. The molecular weight excluding hydrogens is 532 g/mol. The third kappa shape index (κ3) is 4.45. The molecule has 10 heteroatoms. The number of cyclic esters (lactones) is 1. The third-order valence-corrected chi connectivity index (χ3v) is 10.8. The molecule has 9 atom stereocenters. The Labute approximate surface area is 240 Å². The molecule has 0 amide bonds. The number of hydrogen-bond donors (Lipinski definition) is 1. The number of esters is 4. The number of rotatable bonds is 4. The van der Waals surface area contributed by atoms with Gasteiger partial charge in [-0.05, 0) is 44.7 Å². The first-order chi connectivity index (χ1) is 19.1. The van der Waals surface area contributed by atoms with E-state index in [9.17, 15) is 24.3 Å². The van der Waals surface area contributed by atoms with Crippen molar-refractivity contribution in [3.8, 4) is 0 Å². The quantitative estimate of drug-likeness (QED) is 0.422. The van der Waals surface area contributed by atoms with E-state index in [0.717, 1.165) is 0 Å². The van der Waals surface area contributed by atoms with Gasteiger partial charge in [-0.15, -0.1) is 0 Å². The van der Waals surface area contributed by atoms with Gasteiger partial charge in [0.1, 0.15) is 36.1 Å². The van der Waals surface area contributed by atoms with E-state index in [1.54, 1.807) is 37.3 Å². The monoisotopic (exact) mass is 572 g/mol. The van der Waals surface area contributed by atoms with Crippen molar-refractivity contribution in [2.75, 3.05) is 6.61 Å². The molecule has 0 aromatic heterocycles. The Morgan fingerprint density at radius 1 is 0.854 bits per heavy atom. The van der Waals surface area contributed by atoms with Crippen LogP contribution in [0, 0.1) is 16.7 Å². The maximum atomic E-state index is 13.5. The van der Waals surface area contributed by atoms with Crippen LogP contribution in [0.2, 0.25) is 0 Å². The predicted molar refractivity (Wildman–Crippen MR) is 143 cm³/mol. The summed E-state index contributed by atoms with van der Waals surface area (Å²) in [5.41, 5.74) is -5.38. The molecule has 2 heterocycles. The van der Waals surface area contributed by atoms with Crippen LogP contribution < -0.4 is 0 Å². The maximum absolute atomic E-state index is 13.5. The lowest BCUT2D eigenvalue weighted by atomic mass is 9.39. The molecule has 224 valence electrons. The predicted octanol–water partition coefficient (Wildman–Crippen LogP) is 3.52. The normalized spacial score (nSPS) is 43.3. The van der Waals surface area contributed by atoms with Gasteiger partial charge in [0.2, 0.25) is 0 Å². The first-order valence-corrected chi connectivity index (χ1v) is 14.3. The molecule has 1 spiro atoms. The van der Waals surface area contributed by atoms with E-state index in [0.29, 0.717) is 18.4 Å². The number of ether oxygens (including phenoxy) is 5. The highest BCUT2D eigenvalue weighted by Crippen LogP contribution is 2.70. The van der Waals surface area contributed by atoms with E-state index in [-0.39, 0.29) is 25.9 Å². The maximum Gasteiger partial charge on any atom is 0.338 e. The van der Waals surface area contributed by atoms with Crippen molar-refractivity contribution < 1.29 is 48.0 Å². The summed E-state index contributed by atoms with van der Waals surface area (Å²) in [5, 5.41) is 12.3. The molecule has 2 aliphatic carbocycles. The molecule has 10 nitrogen and oxygen atoms in total. The minimum atomic E-state index is -1.63. The van der Waals surface area contributed by atoms with Crippen molar-refractivity contribution in [3.05, 3.63) is 35.9 Å². The van der Waals surface area contributed by atoms with Gasteiger partial charge < -0.3 is 28.8 Å². The van der Waals surface area contributed by atoms with Gasteiger partial charge in [0.05, 0.1) is 17.6 Å². The van der Waals surface area contributed by atoms with Crippen LogP contribution in [-0.4, -0.2) is 70.7 Å². The zero-order valence-electron chi connectivity index (χ0n) is 24.6. The summed E-state index contributed by atoms with van der Waals surface area (Å²) in [6.45, 7) is 10.1. The Kier molecular flexibility index (Phi) is 7.05. The fourth-order valence-corrected chi connectivity index (χ4v) is 8.46. The lowest BCUT2D eigenvalue weighted by Crippen LogP contribution is -2.79. The summed E-state index contributed by atoms with van der Waals surface area (Å²) in [4.78, 5) is 50.3. The highest BCUT2D eigenvalue weighted by Gasteiger charge is 2.77. The molecule has 4 fully saturated rings. The van der Waals surface area contributed by atoms with Crippen LogP contribution in [0.4, 0.5) is 0 Å². The molecule has 2 saturated carbocycles. The van der Waals surface area contributed by atoms with Crippen LogP contribution >= 0.6 is 0 Å². The molecular formula is C31H40O10. The van der Waals surface area contributed by atoms with Gasteiger partial charge >= 0.3 is 23.9 Å². The van der Waals surface area contributed by atoms with Gasteiger partial charge in [0, 0.05) is 37.5 Å². The Morgan fingerprint density at radius 2 is 1.46 bits per heavy atom. The van der Waals surface area contributed by atoms with Crippen molar-refractivity contribution in [2.24, 2.45) is 16.7 Å². The van der Waals surface area contributed by atoms with Gasteiger partial charge in [-0.3, -0.25) is 14.4 Å². The SMILES string of the molecule is CC(=O)O[C@H]1C[C@]2(COC(=O)C2)O[C@@]2(C)C[C@H](OC(=O)c3ccccc3)[C@]3(C)[C@H](CC[C@@H](OC(C)=O)[C@]3(C)O)[C@@]12C. The van der Waals surface area contributed by atoms with E-state index in [4.69, 9.17) is 23.7 Å². The van der Waals surface area contributed by atoms with Crippen molar-refractivity contribution in [3.63, 3.8) is 0 Å². The zero-order chi connectivity index (χ0) is 30.0. The Morgan fingerprint density at radius 3 is 2.05 bits per heavy atom. The smallest absolute Gasteiger partial charge is 0.338 e. The second-order valence-electron chi connectivity index (χ2n) is 13.1. The third-order valence-electron chi connectivity index (χ3n) is 10.8. The van der Waals surface area contributed by atoms with E-state index < -0.39 is 75.7 Å². The number of aliphatic hydroxyl groups is 1. The number of fused-ring (bicyclic) bond motifs is 3. The Bertz CT molecular complexity index is 1240. The molecule has 0 bridgehead atoms. The zero-order valence-corrected chi connectivity index (χ0v) is 24.6. The van der Waals surface area contributed by atoms with Crippen molar-refractivity contribution in [1.29, 1.82) is 0 Å². The van der Waals surface area contributed by atoms with Crippen LogP contribution in [0.5, 0.6) is 0 Å². The Balaban J connectivity index is 1.65. The molecule has 2 aliphatic heterocycles. The fraction of sp³-hybridized carbons (Fsp3) is 0.677. The lowest BCUT2D eigenvalue weighted by Gasteiger charge is -2.71. The van der Waals surface area contributed by atoms with Crippen molar-refractivity contribution in [1.82, 2.24) is 0 Å². The van der Waals surface area contributed by atoms with Crippen LogP contribution in [0.1, 0.15) is 84.0 Å². The van der Waals surface area contributed by atoms with Gasteiger partial charge in [0.15, 0.2) is 0 Å². The summed E-state index contributed by atoms with van der Waals surface area (Å²) in [6, 6.07) is 8.58. The average molecular weight is 573 g/mol. The van der Waals surface area contributed by atoms with Gasteiger partial charge in [-0.1, -0.05) is 32.0 Å². The molecule has 2 saturated heterocycles. The summed E-state index contributed by atoms with van der Waals surface area (Å²) in [5.74, 6) is -2.36. The molecule has 4 aliphatic rings. The minimum absolute atomic E-state index is 0.0130. The summed E-state index contributed by atoms with van der Waals surface area (Å²) in [6.07, 6.45) is -1.23. The van der Waals surface area contributed by atoms with Gasteiger partial charge in [-0.25, -0.2) is 4.79 Å². The van der Waals surface area contributed by atoms with E-state index >= 15 is 0 Å². The molecule has 5 rings (SSSR count). The van der Waals surface area contributed by atoms with Crippen LogP contribution in [0.25, 0.3) is 0 Å². The Hall–Kier alpha value is -2.98. The standard InChI is InChI=1S/C31H40O10/c1-18(32)38-22-13-12-21-28(4)24(39-19(2)33)15-31(16-25(34)37-17-31)41-27(28,3)14-23(29(21,5)30(22,6)36)40-26(35)20-10-8-7-9-11-20/h7-11,21-24,36H,12-17H2,1-6H3/t21-,22-,23+,24+,27+,28+,29+,30+,31+/m1/s1. The van der Waals surface area contributed by atoms with E-state index in [2.05, 4.69) is 0 Å². The van der Waals surface area contributed by atoms with Crippen molar-refractivity contribution >= 4 is 23.9 Å². The van der Waals surface area contributed by atoms with Gasteiger partial charge in [-0.2, -0.15) is 0 Å². The largest absolute Gasteiger partial charge is 0.462 e. The summed E-state index contributed by atoms with van der Waals surface area (Å²) < 4.78 is 30.1. The molecule has 0 radical (unpaired) electrons. The molecule has 41 heavy (non-hydrogen) atoms. The molecule has 0 unspecified atom stereocenters. The summed E-state index contributed by atoms with van der Waals surface area (Å²) >= 11 is 0. The molecule has 1 N–H and O–H groups in total. The summed E-state index contributed by atoms with van der Waals surface area (Å²) in [7, 11) is 0. The average Bonchev–Trinajstić information content (AvgIpc) is 3.23. The van der Waals surface area contributed by atoms with Crippen molar-refractivity contribution in [2.45, 2.75) is 109 Å². The first-order valence-electron chi connectivity index (χ1n) is 14.3. The highest BCUT2D eigenvalue weighted by molar-refractivity contribution is 5.89. The molecule has 1 aromatic carbocycles. The van der Waals surface area contributed by atoms with Crippen LogP contribution in [-0.2, 0) is 38.1 Å². The number of carbonyl (C=O) groups is 4. The molecule has 1 aromatic rings. The topological polar surface area (TPSA) is 135 Å². The number of carbonyl (C=O) groups excluding carboxylic acids is 4. The number of benzene rings is 1. The lowest BCUT2D eigenvalue weighted by molar-refractivity contribution is -0.363. The second kappa shape index (κ2) is 9.80.